The summed E-state index contributed by atoms with van der Waals surface area (Å²) in [4.78, 5) is 12.2. The fourth-order valence-electron chi connectivity index (χ4n) is 3.10. The third-order valence-corrected chi connectivity index (χ3v) is 5.04. The van der Waals surface area contributed by atoms with Crippen molar-refractivity contribution in [2.45, 2.75) is 50.7 Å². The van der Waals surface area contributed by atoms with Crippen molar-refractivity contribution in [3.8, 4) is 0 Å². The molecule has 0 aliphatic heterocycles. The van der Waals surface area contributed by atoms with Crippen LogP contribution in [0.5, 0.6) is 0 Å². The van der Waals surface area contributed by atoms with E-state index in [-0.39, 0.29) is 11.2 Å². The highest BCUT2D eigenvalue weighted by Crippen LogP contribution is 2.40. The quantitative estimate of drug-likeness (QED) is 0.770. The molecule has 0 spiro atoms. The van der Waals surface area contributed by atoms with Gasteiger partial charge in [0.1, 0.15) is 0 Å². The number of carbonyl (C=O) groups is 1. The smallest absolute Gasteiger partial charge is 0.233 e. The number of nitrogens with one attached hydrogen (secondary N) is 1. The largest absolute Gasteiger partial charge is 0.355 e. The van der Waals surface area contributed by atoms with Crippen molar-refractivity contribution in [2.24, 2.45) is 5.41 Å². The SMILES string of the molecule is CCC1(CNC(=O)C(S)Cc2ccccc2)CCCC1. The second-order valence-electron chi connectivity index (χ2n) is 5.98. The highest BCUT2D eigenvalue weighted by Gasteiger charge is 2.32. The van der Waals surface area contributed by atoms with Crippen LogP contribution >= 0.6 is 12.6 Å². The highest BCUT2D eigenvalue weighted by atomic mass is 32.1. The van der Waals surface area contributed by atoms with Gasteiger partial charge in [-0.2, -0.15) is 12.6 Å². The van der Waals surface area contributed by atoms with E-state index < -0.39 is 0 Å². The van der Waals surface area contributed by atoms with Crippen LogP contribution in [-0.2, 0) is 11.2 Å². The zero-order chi connectivity index (χ0) is 14.4. The Balaban J connectivity index is 1.82. The Morgan fingerprint density at radius 1 is 1.30 bits per heavy atom. The van der Waals surface area contributed by atoms with Gasteiger partial charge in [0.05, 0.1) is 5.25 Å². The number of carbonyl (C=O) groups excluding carboxylic acids is 1. The summed E-state index contributed by atoms with van der Waals surface area (Å²) in [6, 6.07) is 10.1. The first-order valence-electron chi connectivity index (χ1n) is 7.65. The van der Waals surface area contributed by atoms with Gasteiger partial charge >= 0.3 is 0 Å². The molecule has 1 fully saturated rings. The number of hydrogen-bond acceptors (Lipinski definition) is 2. The Morgan fingerprint density at radius 3 is 2.55 bits per heavy atom. The van der Waals surface area contributed by atoms with Gasteiger partial charge in [0.25, 0.3) is 0 Å². The number of benzene rings is 1. The maximum Gasteiger partial charge on any atom is 0.233 e. The average Bonchev–Trinajstić information content (AvgIpc) is 2.95. The molecule has 0 bridgehead atoms. The molecule has 110 valence electrons. The fourth-order valence-corrected chi connectivity index (χ4v) is 3.40. The number of rotatable bonds is 6. The van der Waals surface area contributed by atoms with Crippen molar-refractivity contribution in [1.82, 2.24) is 5.32 Å². The Morgan fingerprint density at radius 2 is 1.95 bits per heavy atom. The molecular weight excluding hydrogens is 266 g/mol. The molecule has 1 aromatic carbocycles. The molecule has 0 aromatic heterocycles. The second-order valence-corrected chi connectivity index (χ2v) is 6.61. The summed E-state index contributed by atoms with van der Waals surface area (Å²) in [5.74, 6) is 0.0666. The van der Waals surface area contributed by atoms with E-state index in [9.17, 15) is 4.79 Å². The van der Waals surface area contributed by atoms with Crippen molar-refractivity contribution >= 4 is 18.5 Å². The summed E-state index contributed by atoms with van der Waals surface area (Å²) in [5, 5.41) is 2.86. The lowest BCUT2D eigenvalue weighted by Gasteiger charge is -2.28. The van der Waals surface area contributed by atoms with Gasteiger partial charge in [-0.1, -0.05) is 50.1 Å². The van der Waals surface area contributed by atoms with E-state index in [0.717, 1.165) is 18.5 Å². The molecule has 1 atom stereocenters. The topological polar surface area (TPSA) is 29.1 Å². The lowest BCUT2D eigenvalue weighted by atomic mass is 9.83. The standard InChI is InChI=1S/C17H25NOS/c1-2-17(10-6-7-11-17)13-18-16(19)15(20)12-14-8-4-3-5-9-14/h3-5,8-9,15,20H,2,6-7,10-13H2,1H3,(H,18,19). The van der Waals surface area contributed by atoms with Crippen molar-refractivity contribution in [3.63, 3.8) is 0 Å². The van der Waals surface area contributed by atoms with Crippen LogP contribution in [-0.4, -0.2) is 17.7 Å². The Kier molecular flexibility index (Phi) is 5.53. The van der Waals surface area contributed by atoms with Crippen LogP contribution in [0.25, 0.3) is 0 Å². The van der Waals surface area contributed by atoms with Gasteiger partial charge in [0.15, 0.2) is 0 Å². The average molecular weight is 291 g/mol. The maximum atomic E-state index is 12.2. The number of hydrogen-bond donors (Lipinski definition) is 2. The van der Waals surface area contributed by atoms with Crippen LogP contribution < -0.4 is 5.32 Å². The van der Waals surface area contributed by atoms with Gasteiger partial charge in [-0.25, -0.2) is 0 Å². The molecule has 20 heavy (non-hydrogen) atoms. The molecule has 1 amide bonds. The second kappa shape index (κ2) is 7.16. The van der Waals surface area contributed by atoms with E-state index in [0.29, 0.717) is 11.8 Å². The van der Waals surface area contributed by atoms with E-state index in [4.69, 9.17) is 0 Å². The van der Waals surface area contributed by atoms with Crippen LogP contribution in [0.3, 0.4) is 0 Å². The molecule has 0 heterocycles. The van der Waals surface area contributed by atoms with Gasteiger partial charge in [-0.3, -0.25) is 4.79 Å². The van der Waals surface area contributed by atoms with Crippen molar-refractivity contribution in [1.29, 1.82) is 0 Å². The van der Waals surface area contributed by atoms with Crippen LogP contribution in [0.2, 0.25) is 0 Å². The van der Waals surface area contributed by atoms with E-state index in [1.165, 1.54) is 25.7 Å². The summed E-state index contributed by atoms with van der Waals surface area (Å²) in [6.07, 6.45) is 6.95. The molecule has 1 unspecified atom stereocenters. The molecule has 0 radical (unpaired) electrons. The summed E-state index contributed by atoms with van der Waals surface area (Å²) in [5.41, 5.74) is 1.50. The Labute approximate surface area is 127 Å². The third-order valence-electron chi connectivity index (χ3n) is 4.63. The molecule has 2 nitrogen and oxygen atoms in total. The molecule has 1 aliphatic rings. The molecule has 0 saturated heterocycles. The highest BCUT2D eigenvalue weighted by molar-refractivity contribution is 7.81. The zero-order valence-corrected chi connectivity index (χ0v) is 13.2. The van der Waals surface area contributed by atoms with E-state index in [1.54, 1.807) is 0 Å². The van der Waals surface area contributed by atoms with E-state index >= 15 is 0 Å². The van der Waals surface area contributed by atoms with Crippen LogP contribution in [0, 0.1) is 5.41 Å². The number of thiol groups is 1. The van der Waals surface area contributed by atoms with Gasteiger partial charge in [-0.05, 0) is 36.7 Å². The normalized spacial score (nSPS) is 18.7. The summed E-state index contributed by atoms with van der Waals surface area (Å²) in [7, 11) is 0. The van der Waals surface area contributed by atoms with Gasteiger partial charge < -0.3 is 5.32 Å². The fraction of sp³-hybridized carbons (Fsp3) is 0.588. The van der Waals surface area contributed by atoms with Crippen LogP contribution in [0.15, 0.2) is 30.3 Å². The molecule has 1 aliphatic carbocycles. The summed E-state index contributed by atoms with van der Waals surface area (Å²) < 4.78 is 0. The summed E-state index contributed by atoms with van der Waals surface area (Å²) in [6.45, 7) is 3.05. The van der Waals surface area contributed by atoms with Gasteiger partial charge in [-0.15, -0.1) is 0 Å². The zero-order valence-electron chi connectivity index (χ0n) is 12.3. The van der Waals surface area contributed by atoms with Crippen LogP contribution in [0.1, 0.15) is 44.6 Å². The Bertz CT molecular complexity index is 426. The summed E-state index contributed by atoms with van der Waals surface area (Å²) >= 11 is 4.46. The van der Waals surface area contributed by atoms with Crippen LogP contribution in [0.4, 0.5) is 0 Å². The van der Waals surface area contributed by atoms with E-state index in [1.807, 2.05) is 30.3 Å². The molecule has 1 N–H and O–H groups in total. The molecule has 3 heteroatoms. The monoisotopic (exact) mass is 291 g/mol. The molecule has 1 aromatic rings. The minimum Gasteiger partial charge on any atom is -0.355 e. The van der Waals surface area contributed by atoms with Crippen molar-refractivity contribution in [2.75, 3.05) is 6.54 Å². The first-order chi connectivity index (χ1) is 9.65. The maximum absolute atomic E-state index is 12.2. The van der Waals surface area contributed by atoms with Gasteiger partial charge in [0.2, 0.25) is 5.91 Å². The van der Waals surface area contributed by atoms with Crippen molar-refractivity contribution < 1.29 is 4.79 Å². The lowest BCUT2D eigenvalue weighted by Crippen LogP contribution is -2.40. The van der Waals surface area contributed by atoms with Crippen molar-refractivity contribution in [3.05, 3.63) is 35.9 Å². The van der Waals surface area contributed by atoms with Gasteiger partial charge in [0, 0.05) is 6.54 Å². The first kappa shape index (κ1) is 15.4. The predicted molar refractivity (Wildman–Crippen MR) is 87.1 cm³/mol. The Hall–Kier alpha value is -0.960. The lowest BCUT2D eigenvalue weighted by molar-refractivity contribution is -0.121. The predicted octanol–water partition coefficient (Wildman–Crippen LogP) is 3.61. The minimum absolute atomic E-state index is 0.0666. The number of amides is 1. The first-order valence-corrected chi connectivity index (χ1v) is 8.16. The molecule has 1 saturated carbocycles. The molecular formula is C17H25NOS. The molecule has 2 rings (SSSR count). The van der Waals surface area contributed by atoms with E-state index in [2.05, 4.69) is 24.9 Å². The minimum atomic E-state index is -0.257. The third kappa shape index (κ3) is 4.02.